The minimum atomic E-state index is -1.64. The molecule has 36 heavy (non-hydrogen) atoms. The Morgan fingerprint density at radius 1 is 1.44 bits per heavy atom. The van der Waals surface area contributed by atoms with Crippen LogP contribution in [0.15, 0.2) is 49.8 Å². The summed E-state index contributed by atoms with van der Waals surface area (Å²) in [6, 6.07) is 4.15. The monoisotopic (exact) mass is 552 g/mol. The van der Waals surface area contributed by atoms with Crippen LogP contribution in [0, 0.1) is 10.1 Å². The lowest BCUT2D eigenvalue weighted by molar-refractivity contribution is -0.385. The standard InChI is InChI=1S/C19H16N6O8S3/c1-32-23-12(10-6-35-18(20)21-10)14(26)22-13-11-7-34-17(16(33-19(28)29)24(11)15(13)27)36-9-4-2-3-8(5-9)25(30)31/h2-6,11,13H,7H2,1H3,(H2,20,21)(H,22,26)(H,28,29). The smallest absolute Gasteiger partial charge is 0.449 e. The number of nitrogens with zero attached hydrogens (tertiary/aromatic N) is 4. The number of ether oxygens (including phenoxy) is 1. The Kier molecular flexibility index (Phi) is 7.32. The molecule has 0 bridgehead atoms. The molecule has 0 spiro atoms. The van der Waals surface area contributed by atoms with E-state index in [0.29, 0.717) is 14.9 Å². The normalized spacial score (nSPS) is 19.3. The van der Waals surface area contributed by atoms with Crippen LogP contribution in [0.5, 0.6) is 0 Å². The second kappa shape index (κ2) is 10.4. The number of carboxylic acid groups (broad SMARTS) is 1. The quantitative estimate of drug-likeness (QED) is 0.142. The molecule has 2 atom stereocenters. The number of thiazole rings is 1. The Labute approximate surface area is 214 Å². The summed E-state index contributed by atoms with van der Waals surface area (Å²) >= 11 is 3.32. The van der Waals surface area contributed by atoms with Gasteiger partial charge in [0.2, 0.25) is 5.88 Å². The topological polar surface area (TPSA) is 200 Å². The number of carbonyl (C=O) groups excluding carboxylic acids is 2. The SMILES string of the molecule is CON=C(C(=O)NC1C(=O)N2C(OC(=O)O)=C(Sc3cccc([N+](=O)[O-])c3)SCC12)c1csc(N)n1. The highest BCUT2D eigenvalue weighted by atomic mass is 32.2. The molecule has 0 saturated carbocycles. The summed E-state index contributed by atoms with van der Waals surface area (Å²) in [7, 11) is 1.25. The first-order valence-corrected chi connectivity index (χ1v) is 12.5. The van der Waals surface area contributed by atoms with E-state index in [1.54, 1.807) is 6.07 Å². The first kappa shape index (κ1) is 25.3. The molecule has 3 heterocycles. The predicted molar refractivity (Wildman–Crippen MR) is 130 cm³/mol. The Balaban J connectivity index is 1.55. The van der Waals surface area contributed by atoms with Gasteiger partial charge in [0, 0.05) is 28.2 Å². The van der Waals surface area contributed by atoms with Gasteiger partial charge in [0.15, 0.2) is 10.8 Å². The average Bonchev–Trinajstić information content (AvgIpc) is 3.27. The van der Waals surface area contributed by atoms with E-state index in [0.717, 1.165) is 28.0 Å². The van der Waals surface area contributed by atoms with Crippen molar-refractivity contribution in [2.24, 2.45) is 5.16 Å². The third kappa shape index (κ3) is 5.07. The minimum Gasteiger partial charge on any atom is -0.449 e. The molecule has 2 aliphatic heterocycles. The van der Waals surface area contributed by atoms with Crippen molar-refractivity contribution in [3.05, 3.63) is 55.6 Å². The number of fused-ring (bicyclic) bond motifs is 1. The maximum atomic E-state index is 13.0. The number of anilines is 1. The number of rotatable bonds is 8. The van der Waals surface area contributed by atoms with Crippen molar-refractivity contribution in [1.82, 2.24) is 15.2 Å². The molecule has 188 valence electrons. The zero-order valence-corrected chi connectivity index (χ0v) is 20.6. The van der Waals surface area contributed by atoms with E-state index in [9.17, 15) is 29.6 Å². The van der Waals surface area contributed by atoms with E-state index in [-0.39, 0.29) is 28.1 Å². The second-order valence-corrected chi connectivity index (χ2v) is 10.3. The number of nitrogen functional groups attached to an aromatic ring is 1. The Morgan fingerprint density at radius 3 is 2.86 bits per heavy atom. The van der Waals surface area contributed by atoms with Gasteiger partial charge in [0.25, 0.3) is 17.5 Å². The van der Waals surface area contributed by atoms with Crippen molar-refractivity contribution in [3.63, 3.8) is 0 Å². The van der Waals surface area contributed by atoms with Gasteiger partial charge in [-0.1, -0.05) is 23.0 Å². The van der Waals surface area contributed by atoms with Crippen LogP contribution in [0.3, 0.4) is 0 Å². The van der Waals surface area contributed by atoms with Gasteiger partial charge in [0.1, 0.15) is 23.1 Å². The van der Waals surface area contributed by atoms with Gasteiger partial charge in [-0.3, -0.25) is 24.6 Å². The first-order valence-electron chi connectivity index (χ1n) is 9.86. The number of hydrogen-bond acceptors (Lipinski definition) is 13. The molecule has 4 N–H and O–H groups in total. The fraction of sp³-hybridized carbons (Fsp3) is 0.211. The molecule has 4 rings (SSSR count). The van der Waals surface area contributed by atoms with Crippen molar-refractivity contribution in [1.29, 1.82) is 0 Å². The number of non-ortho nitro benzene ring substituents is 1. The van der Waals surface area contributed by atoms with Crippen molar-refractivity contribution >= 4 is 69.4 Å². The van der Waals surface area contributed by atoms with Gasteiger partial charge in [-0.25, -0.2) is 9.78 Å². The van der Waals surface area contributed by atoms with Crippen LogP contribution < -0.4 is 11.1 Å². The maximum absolute atomic E-state index is 13.0. The number of carbonyl (C=O) groups is 3. The van der Waals surface area contributed by atoms with Gasteiger partial charge in [0.05, 0.1) is 11.0 Å². The van der Waals surface area contributed by atoms with Crippen molar-refractivity contribution < 1.29 is 34.0 Å². The summed E-state index contributed by atoms with van der Waals surface area (Å²) in [5.41, 5.74) is 5.47. The summed E-state index contributed by atoms with van der Waals surface area (Å²) in [4.78, 5) is 58.0. The van der Waals surface area contributed by atoms with Crippen LogP contribution >= 0.6 is 34.9 Å². The lowest BCUT2D eigenvalue weighted by atomic mass is 9.96. The van der Waals surface area contributed by atoms with E-state index < -0.39 is 35.0 Å². The Bertz CT molecular complexity index is 1310. The van der Waals surface area contributed by atoms with Crippen molar-refractivity contribution in [2.45, 2.75) is 17.0 Å². The molecule has 2 aromatic rings. The summed E-state index contributed by atoms with van der Waals surface area (Å²) in [5, 5.41) is 28.3. The zero-order chi connectivity index (χ0) is 26.0. The van der Waals surface area contributed by atoms with Crippen LogP contribution in [-0.2, 0) is 19.2 Å². The van der Waals surface area contributed by atoms with Crippen LogP contribution in [-0.4, -0.2) is 68.5 Å². The third-order valence-electron chi connectivity index (χ3n) is 4.87. The van der Waals surface area contributed by atoms with Crippen LogP contribution in [0.2, 0.25) is 0 Å². The molecule has 1 fully saturated rings. The van der Waals surface area contributed by atoms with Crippen LogP contribution in [0.25, 0.3) is 0 Å². The summed E-state index contributed by atoms with van der Waals surface area (Å²) in [5.74, 6) is -1.27. The highest BCUT2D eigenvalue weighted by Crippen LogP contribution is 2.46. The predicted octanol–water partition coefficient (Wildman–Crippen LogP) is 2.04. The van der Waals surface area contributed by atoms with Gasteiger partial charge in [-0.15, -0.1) is 23.1 Å². The molecule has 0 aliphatic carbocycles. The minimum absolute atomic E-state index is 0.141. The summed E-state index contributed by atoms with van der Waals surface area (Å²) in [6.45, 7) is 0. The fourth-order valence-corrected chi connectivity index (χ4v) is 6.33. The summed E-state index contributed by atoms with van der Waals surface area (Å²) < 4.78 is 5.24. The number of benzene rings is 1. The average molecular weight is 553 g/mol. The number of hydrogen-bond donors (Lipinski definition) is 3. The van der Waals surface area contributed by atoms with E-state index >= 15 is 0 Å². The number of nitro benzene ring substituents is 1. The Hall–Kier alpha value is -3.83. The number of aromatic nitrogens is 1. The second-order valence-electron chi connectivity index (χ2n) is 7.05. The number of oxime groups is 1. The molecule has 17 heteroatoms. The van der Waals surface area contributed by atoms with Gasteiger partial charge >= 0.3 is 6.16 Å². The van der Waals surface area contributed by atoms with Crippen molar-refractivity contribution in [2.75, 3.05) is 18.6 Å². The molecule has 1 aromatic carbocycles. The number of nitro groups is 1. The number of β-lactam (4-membered cyclic amide) rings is 1. The summed E-state index contributed by atoms with van der Waals surface area (Å²) in [6.07, 6.45) is -1.64. The molecule has 1 aromatic heterocycles. The van der Waals surface area contributed by atoms with Gasteiger partial charge in [-0.05, 0) is 6.07 Å². The molecule has 2 aliphatic rings. The van der Waals surface area contributed by atoms with E-state index in [2.05, 4.69) is 15.5 Å². The Morgan fingerprint density at radius 2 is 2.22 bits per heavy atom. The van der Waals surface area contributed by atoms with Crippen molar-refractivity contribution in [3.8, 4) is 0 Å². The largest absolute Gasteiger partial charge is 0.512 e. The fourth-order valence-electron chi connectivity index (χ4n) is 3.36. The molecule has 14 nitrogen and oxygen atoms in total. The van der Waals surface area contributed by atoms with E-state index in [1.807, 2.05) is 0 Å². The van der Waals surface area contributed by atoms with Crippen LogP contribution in [0.4, 0.5) is 15.6 Å². The molecule has 2 amide bonds. The molecule has 0 radical (unpaired) electrons. The number of thioether (sulfide) groups is 2. The number of nitrogens with two attached hydrogens (primary N) is 1. The highest BCUT2D eigenvalue weighted by Gasteiger charge is 2.54. The number of nitrogens with one attached hydrogen (secondary N) is 1. The van der Waals surface area contributed by atoms with E-state index in [1.165, 1.54) is 42.5 Å². The maximum Gasteiger partial charge on any atom is 0.512 e. The lowest BCUT2D eigenvalue weighted by Gasteiger charge is -2.49. The molecule has 2 unspecified atom stereocenters. The van der Waals surface area contributed by atoms with Gasteiger partial charge in [-0.2, -0.15) is 0 Å². The zero-order valence-electron chi connectivity index (χ0n) is 18.1. The molecular weight excluding hydrogens is 536 g/mol. The first-order chi connectivity index (χ1) is 17.2. The van der Waals surface area contributed by atoms with Crippen LogP contribution in [0.1, 0.15) is 5.69 Å². The number of amides is 2. The lowest BCUT2D eigenvalue weighted by Crippen LogP contribution is -2.72. The highest BCUT2D eigenvalue weighted by molar-refractivity contribution is 8.22. The molecular formula is C19H16N6O8S3. The third-order valence-corrected chi connectivity index (χ3v) is 7.94. The van der Waals surface area contributed by atoms with Gasteiger partial charge < -0.3 is 25.7 Å². The van der Waals surface area contributed by atoms with E-state index in [4.69, 9.17) is 15.3 Å². The molecule has 1 saturated heterocycles.